The Morgan fingerprint density at radius 3 is 2.70 bits per heavy atom. The molecular weight excluding hydrogens is 248 g/mol. The Morgan fingerprint density at radius 1 is 1.10 bits per heavy atom. The molecule has 1 atom stereocenters. The summed E-state index contributed by atoms with van der Waals surface area (Å²) in [7, 11) is 0. The molecule has 0 radical (unpaired) electrons. The van der Waals surface area contributed by atoms with Crippen LogP contribution in [0.25, 0.3) is 11.1 Å². The maximum Gasteiger partial charge on any atom is 0.138 e. The second-order valence-electron chi connectivity index (χ2n) is 5.73. The van der Waals surface area contributed by atoms with Gasteiger partial charge in [-0.1, -0.05) is 18.2 Å². The predicted octanol–water partition coefficient (Wildman–Crippen LogP) is 2.96. The standard InChI is InChI=1S/C17H20N2O/c1-11(2)20-17-8-15(9-19-10-17)12-3-4-13-6-16(18)7-14(13)5-12/h3-5,8-11,16H,6-7,18H2,1-2H3. The van der Waals surface area contributed by atoms with Crippen LogP contribution in [0.5, 0.6) is 5.75 Å². The van der Waals surface area contributed by atoms with Gasteiger partial charge in [-0.25, -0.2) is 0 Å². The van der Waals surface area contributed by atoms with Crippen LogP contribution < -0.4 is 10.5 Å². The summed E-state index contributed by atoms with van der Waals surface area (Å²) in [6.45, 7) is 4.03. The van der Waals surface area contributed by atoms with Crippen LogP contribution in [-0.2, 0) is 12.8 Å². The summed E-state index contributed by atoms with van der Waals surface area (Å²) in [5, 5.41) is 0. The molecule has 0 amide bonds. The van der Waals surface area contributed by atoms with E-state index in [1.54, 1.807) is 6.20 Å². The molecule has 3 heteroatoms. The Morgan fingerprint density at radius 2 is 1.90 bits per heavy atom. The Balaban J connectivity index is 1.92. The molecule has 0 spiro atoms. The number of benzene rings is 1. The van der Waals surface area contributed by atoms with Gasteiger partial charge in [-0.2, -0.15) is 0 Å². The van der Waals surface area contributed by atoms with Crippen molar-refractivity contribution in [1.82, 2.24) is 4.98 Å². The van der Waals surface area contributed by atoms with E-state index in [-0.39, 0.29) is 12.1 Å². The average Bonchev–Trinajstić information content (AvgIpc) is 2.77. The first-order chi connectivity index (χ1) is 9.61. The summed E-state index contributed by atoms with van der Waals surface area (Å²) in [4.78, 5) is 4.27. The fraction of sp³-hybridized carbons (Fsp3) is 0.353. The SMILES string of the molecule is CC(C)Oc1cncc(-c2ccc3c(c2)CC(N)C3)c1. The number of fused-ring (bicyclic) bond motifs is 1. The minimum atomic E-state index is 0.157. The van der Waals surface area contributed by atoms with E-state index >= 15 is 0 Å². The average molecular weight is 268 g/mol. The van der Waals surface area contributed by atoms with Gasteiger partial charge in [-0.05, 0) is 49.4 Å². The molecule has 1 aromatic heterocycles. The van der Waals surface area contributed by atoms with Gasteiger partial charge >= 0.3 is 0 Å². The molecule has 1 aliphatic carbocycles. The van der Waals surface area contributed by atoms with Crippen LogP contribution in [0.3, 0.4) is 0 Å². The Hall–Kier alpha value is -1.87. The molecule has 1 aliphatic rings. The first kappa shape index (κ1) is 13.1. The fourth-order valence-electron chi connectivity index (χ4n) is 2.75. The maximum absolute atomic E-state index is 6.02. The Labute approximate surface area is 119 Å². The molecule has 1 aromatic carbocycles. The number of ether oxygens (including phenoxy) is 1. The molecule has 0 fully saturated rings. The van der Waals surface area contributed by atoms with E-state index in [9.17, 15) is 0 Å². The summed E-state index contributed by atoms with van der Waals surface area (Å²) in [6, 6.07) is 8.89. The van der Waals surface area contributed by atoms with Gasteiger partial charge in [0.25, 0.3) is 0 Å². The van der Waals surface area contributed by atoms with E-state index in [4.69, 9.17) is 10.5 Å². The van der Waals surface area contributed by atoms with Crippen LogP contribution in [0.1, 0.15) is 25.0 Å². The predicted molar refractivity (Wildman–Crippen MR) is 80.8 cm³/mol. The van der Waals surface area contributed by atoms with Crippen molar-refractivity contribution in [3.8, 4) is 16.9 Å². The first-order valence-corrected chi connectivity index (χ1v) is 7.11. The monoisotopic (exact) mass is 268 g/mol. The molecule has 2 N–H and O–H groups in total. The molecule has 3 rings (SSSR count). The lowest BCUT2D eigenvalue weighted by Gasteiger charge is -2.11. The molecule has 1 heterocycles. The lowest BCUT2D eigenvalue weighted by Crippen LogP contribution is -2.18. The minimum absolute atomic E-state index is 0.157. The summed E-state index contributed by atoms with van der Waals surface area (Å²) in [5.74, 6) is 0.815. The van der Waals surface area contributed by atoms with Gasteiger partial charge in [0.05, 0.1) is 12.3 Å². The van der Waals surface area contributed by atoms with E-state index in [1.807, 2.05) is 26.1 Å². The number of rotatable bonds is 3. The van der Waals surface area contributed by atoms with Crippen LogP contribution in [0.15, 0.2) is 36.7 Å². The highest BCUT2D eigenvalue weighted by Gasteiger charge is 2.18. The fourth-order valence-corrected chi connectivity index (χ4v) is 2.75. The lowest BCUT2D eigenvalue weighted by atomic mass is 10.0. The zero-order valence-corrected chi connectivity index (χ0v) is 12.0. The summed E-state index contributed by atoms with van der Waals surface area (Å²) in [5.41, 5.74) is 11.0. The van der Waals surface area contributed by atoms with Crippen molar-refractivity contribution in [3.05, 3.63) is 47.8 Å². The van der Waals surface area contributed by atoms with Gasteiger partial charge in [0.15, 0.2) is 0 Å². The van der Waals surface area contributed by atoms with Crippen molar-refractivity contribution in [3.63, 3.8) is 0 Å². The Kier molecular flexibility index (Phi) is 3.45. The molecule has 0 saturated heterocycles. The van der Waals surface area contributed by atoms with E-state index in [0.717, 1.165) is 24.2 Å². The molecule has 20 heavy (non-hydrogen) atoms. The van der Waals surface area contributed by atoms with E-state index in [1.165, 1.54) is 16.7 Å². The van der Waals surface area contributed by atoms with Crippen LogP contribution >= 0.6 is 0 Å². The van der Waals surface area contributed by atoms with E-state index < -0.39 is 0 Å². The zero-order valence-electron chi connectivity index (χ0n) is 12.0. The van der Waals surface area contributed by atoms with Gasteiger partial charge in [-0.15, -0.1) is 0 Å². The highest BCUT2D eigenvalue weighted by atomic mass is 16.5. The van der Waals surface area contributed by atoms with E-state index in [2.05, 4.69) is 23.2 Å². The normalized spacial score (nSPS) is 17.3. The van der Waals surface area contributed by atoms with Gasteiger partial charge in [0, 0.05) is 17.8 Å². The summed E-state index contributed by atoms with van der Waals surface area (Å²) in [6.07, 6.45) is 5.75. The second kappa shape index (κ2) is 5.25. The van der Waals surface area contributed by atoms with Crippen molar-refractivity contribution < 1.29 is 4.74 Å². The van der Waals surface area contributed by atoms with Crippen molar-refractivity contribution in [2.75, 3.05) is 0 Å². The third kappa shape index (κ3) is 2.68. The molecule has 0 aliphatic heterocycles. The topological polar surface area (TPSA) is 48.1 Å². The lowest BCUT2D eigenvalue weighted by molar-refractivity contribution is 0.241. The molecule has 3 nitrogen and oxygen atoms in total. The zero-order chi connectivity index (χ0) is 14.1. The number of pyridine rings is 1. The number of aromatic nitrogens is 1. The van der Waals surface area contributed by atoms with Crippen LogP contribution in [0.4, 0.5) is 0 Å². The van der Waals surface area contributed by atoms with E-state index in [0.29, 0.717) is 0 Å². The highest BCUT2D eigenvalue weighted by Crippen LogP contribution is 2.29. The summed E-state index contributed by atoms with van der Waals surface area (Å²) < 4.78 is 5.70. The molecule has 0 saturated carbocycles. The number of hydrogen-bond donors (Lipinski definition) is 1. The molecule has 2 aromatic rings. The number of nitrogens with zero attached hydrogens (tertiary/aromatic N) is 1. The maximum atomic E-state index is 6.02. The smallest absolute Gasteiger partial charge is 0.138 e. The minimum Gasteiger partial charge on any atom is -0.489 e. The third-order valence-electron chi connectivity index (χ3n) is 3.59. The Bertz CT molecular complexity index is 622. The molecule has 1 unspecified atom stereocenters. The third-order valence-corrected chi connectivity index (χ3v) is 3.59. The van der Waals surface area contributed by atoms with Crippen molar-refractivity contribution in [1.29, 1.82) is 0 Å². The van der Waals surface area contributed by atoms with Crippen molar-refractivity contribution in [2.45, 2.75) is 38.8 Å². The van der Waals surface area contributed by atoms with Gasteiger partial charge < -0.3 is 10.5 Å². The molecule has 0 bridgehead atoms. The largest absolute Gasteiger partial charge is 0.489 e. The van der Waals surface area contributed by atoms with Gasteiger partial charge in [0.1, 0.15) is 5.75 Å². The van der Waals surface area contributed by atoms with Crippen LogP contribution in [0.2, 0.25) is 0 Å². The van der Waals surface area contributed by atoms with Crippen molar-refractivity contribution in [2.24, 2.45) is 5.73 Å². The van der Waals surface area contributed by atoms with Gasteiger partial charge in [0.2, 0.25) is 0 Å². The van der Waals surface area contributed by atoms with Crippen LogP contribution in [0, 0.1) is 0 Å². The number of hydrogen-bond acceptors (Lipinski definition) is 3. The van der Waals surface area contributed by atoms with Crippen LogP contribution in [-0.4, -0.2) is 17.1 Å². The van der Waals surface area contributed by atoms with Crippen molar-refractivity contribution >= 4 is 0 Å². The highest BCUT2D eigenvalue weighted by molar-refractivity contribution is 5.66. The first-order valence-electron chi connectivity index (χ1n) is 7.11. The molecular formula is C17H20N2O. The molecule has 104 valence electrons. The number of nitrogens with two attached hydrogens (primary N) is 1. The summed E-state index contributed by atoms with van der Waals surface area (Å²) >= 11 is 0. The quantitative estimate of drug-likeness (QED) is 0.931. The van der Waals surface area contributed by atoms with Gasteiger partial charge in [-0.3, -0.25) is 4.98 Å². The second-order valence-corrected chi connectivity index (χ2v) is 5.73.